The smallest absolute Gasteiger partial charge is 0.390 e. The molecule has 6 heteroatoms. The number of phenolic OH excluding ortho intramolecular Hbond substituents is 2. The molecule has 1 atom stereocenters. The zero-order valence-corrected chi connectivity index (χ0v) is 13.5. The molecular formula is C19H18F3NO2. The van der Waals surface area contributed by atoms with Crippen molar-refractivity contribution in [3.8, 4) is 22.6 Å². The molecule has 0 spiro atoms. The van der Waals surface area contributed by atoms with Crippen LogP contribution in [0.15, 0.2) is 30.3 Å². The summed E-state index contributed by atoms with van der Waals surface area (Å²) < 4.78 is 38.0. The van der Waals surface area contributed by atoms with E-state index in [1.165, 1.54) is 6.07 Å². The second-order valence-corrected chi connectivity index (χ2v) is 6.72. The number of rotatable bonds is 2. The van der Waals surface area contributed by atoms with Gasteiger partial charge in [0.05, 0.1) is 6.42 Å². The van der Waals surface area contributed by atoms with Gasteiger partial charge in [-0.1, -0.05) is 24.3 Å². The first-order valence-electron chi connectivity index (χ1n) is 8.32. The lowest BCUT2D eigenvalue weighted by Crippen LogP contribution is -2.40. The molecule has 25 heavy (non-hydrogen) atoms. The van der Waals surface area contributed by atoms with Gasteiger partial charge < -0.3 is 10.2 Å². The minimum atomic E-state index is -4.17. The Balaban J connectivity index is 1.79. The normalized spacial score (nSPS) is 19.4. The summed E-state index contributed by atoms with van der Waals surface area (Å²) in [6.07, 6.45) is -3.78. The van der Waals surface area contributed by atoms with E-state index >= 15 is 0 Å². The molecule has 1 heterocycles. The molecule has 0 saturated carbocycles. The van der Waals surface area contributed by atoms with Gasteiger partial charge in [-0.15, -0.1) is 0 Å². The third-order valence-electron chi connectivity index (χ3n) is 5.25. The third kappa shape index (κ3) is 2.74. The summed E-state index contributed by atoms with van der Waals surface area (Å²) in [5.41, 5.74) is 4.37. The van der Waals surface area contributed by atoms with Crippen molar-refractivity contribution < 1.29 is 23.4 Å². The molecule has 0 amide bonds. The fraction of sp³-hybridized carbons (Fsp3) is 0.368. The average molecular weight is 349 g/mol. The Morgan fingerprint density at radius 1 is 1.08 bits per heavy atom. The summed E-state index contributed by atoms with van der Waals surface area (Å²) in [4.78, 5) is 1.90. The van der Waals surface area contributed by atoms with Crippen LogP contribution in [0.4, 0.5) is 13.2 Å². The largest absolute Gasteiger partial charge is 0.504 e. The maximum absolute atomic E-state index is 12.7. The average Bonchev–Trinajstić information content (AvgIpc) is 2.57. The number of aromatic hydroxyl groups is 2. The minimum Gasteiger partial charge on any atom is -0.504 e. The predicted molar refractivity (Wildman–Crippen MR) is 87.6 cm³/mol. The fourth-order valence-electron chi connectivity index (χ4n) is 4.12. The summed E-state index contributed by atoms with van der Waals surface area (Å²) >= 11 is 0. The molecule has 1 aliphatic carbocycles. The van der Waals surface area contributed by atoms with E-state index in [1.54, 1.807) is 6.07 Å². The molecule has 2 aromatic carbocycles. The Morgan fingerprint density at radius 2 is 1.88 bits per heavy atom. The van der Waals surface area contributed by atoms with E-state index in [0.29, 0.717) is 24.9 Å². The van der Waals surface area contributed by atoms with Gasteiger partial charge in [-0.3, -0.25) is 4.90 Å². The predicted octanol–water partition coefficient (Wildman–Crippen LogP) is 4.17. The molecule has 3 nitrogen and oxygen atoms in total. The number of alkyl halides is 3. The Morgan fingerprint density at radius 3 is 2.64 bits per heavy atom. The van der Waals surface area contributed by atoms with Gasteiger partial charge in [0, 0.05) is 24.7 Å². The molecule has 2 N–H and O–H groups in total. The molecule has 0 bridgehead atoms. The number of phenols is 2. The van der Waals surface area contributed by atoms with Crippen molar-refractivity contribution in [2.24, 2.45) is 0 Å². The van der Waals surface area contributed by atoms with E-state index in [0.717, 1.165) is 22.3 Å². The summed E-state index contributed by atoms with van der Waals surface area (Å²) in [5.74, 6) is -0.337. The number of hydrogen-bond acceptors (Lipinski definition) is 3. The summed E-state index contributed by atoms with van der Waals surface area (Å²) in [7, 11) is 0. The Hall–Kier alpha value is -2.21. The zero-order valence-electron chi connectivity index (χ0n) is 13.5. The molecule has 2 aliphatic rings. The molecule has 0 radical (unpaired) electrons. The topological polar surface area (TPSA) is 43.7 Å². The maximum Gasteiger partial charge on any atom is 0.390 e. The lowest BCUT2D eigenvalue weighted by molar-refractivity contribution is -0.139. The van der Waals surface area contributed by atoms with Gasteiger partial charge in [0.25, 0.3) is 0 Å². The van der Waals surface area contributed by atoms with E-state index in [2.05, 4.69) is 0 Å². The van der Waals surface area contributed by atoms with E-state index in [4.69, 9.17) is 0 Å². The quantitative estimate of drug-likeness (QED) is 0.800. The van der Waals surface area contributed by atoms with Crippen LogP contribution < -0.4 is 0 Å². The molecule has 0 fully saturated rings. The molecule has 1 aliphatic heterocycles. The van der Waals surface area contributed by atoms with Crippen molar-refractivity contribution >= 4 is 0 Å². The first-order valence-corrected chi connectivity index (χ1v) is 8.32. The van der Waals surface area contributed by atoms with Crippen molar-refractivity contribution in [1.29, 1.82) is 0 Å². The Bertz CT molecular complexity index is 832. The van der Waals surface area contributed by atoms with Crippen LogP contribution in [0.5, 0.6) is 11.5 Å². The van der Waals surface area contributed by atoms with E-state index in [9.17, 15) is 23.4 Å². The van der Waals surface area contributed by atoms with Crippen molar-refractivity contribution in [2.75, 3.05) is 13.1 Å². The van der Waals surface area contributed by atoms with Gasteiger partial charge in [0.1, 0.15) is 0 Å². The van der Waals surface area contributed by atoms with Crippen LogP contribution >= 0.6 is 0 Å². The van der Waals surface area contributed by atoms with Crippen molar-refractivity contribution in [3.63, 3.8) is 0 Å². The molecule has 4 rings (SSSR count). The van der Waals surface area contributed by atoms with Crippen LogP contribution in [-0.2, 0) is 12.8 Å². The molecule has 0 aromatic heterocycles. The van der Waals surface area contributed by atoms with Gasteiger partial charge in [-0.2, -0.15) is 13.2 Å². The molecule has 0 unspecified atom stereocenters. The fourth-order valence-corrected chi connectivity index (χ4v) is 4.12. The van der Waals surface area contributed by atoms with Gasteiger partial charge in [0.15, 0.2) is 11.5 Å². The number of benzene rings is 2. The van der Waals surface area contributed by atoms with E-state index < -0.39 is 12.6 Å². The highest BCUT2D eigenvalue weighted by molar-refractivity contribution is 5.82. The highest BCUT2D eigenvalue weighted by Gasteiger charge is 2.37. The summed E-state index contributed by atoms with van der Waals surface area (Å²) in [6, 6.07) is 8.82. The van der Waals surface area contributed by atoms with Gasteiger partial charge in [-0.25, -0.2) is 0 Å². The first-order chi connectivity index (χ1) is 11.8. The van der Waals surface area contributed by atoms with Gasteiger partial charge in [-0.05, 0) is 41.2 Å². The SMILES string of the molecule is Oc1ccc2c(c1O)-c1cccc3c1[C@@H](C2)N(CCC(F)(F)F)CC3. The van der Waals surface area contributed by atoms with Crippen LogP contribution in [0.1, 0.15) is 29.2 Å². The van der Waals surface area contributed by atoms with Crippen molar-refractivity contribution in [1.82, 2.24) is 4.90 Å². The maximum atomic E-state index is 12.7. The minimum absolute atomic E-state index is 0.0264. The third-order valence-corrected chi connectivity index (χ3v) is 5.25. The molecular weight excluding hydrogens is 331 g/mol. The summed E-state index contributed by atoms with van der Waals surface area (Å²) in [5, 5.41) is 20.2. The van der Waals surface area contributed by atoms with Crippen LogP contribution in [0, 0.1) is 0 Å². The van der Waals surface area contributed by atoms with Crippen molar-refractivity contribution in [3.05, 3.63) is 47.0 Å². The van der Waals surface area contributed by atoms with Crippen LogP contribution in [0.2, 0.25) is 0 Å². The first kappa shape index (κ1) is 16.3. The molecule has 2 aromatic rings. The lowest BCUT2D eigenvalue weighted by atomic mass is 9.76. The van der Waals surface area contributed by atoms with Gasteiger partial charge in [0.2, 0.25) is 0 Å². The molecule has 132 valence electrons. The highest BCUT2D eigenvalue weighted by Crippen LogP contribution is 2.50. The zero-order chi connectivity index (χ0) is 17.8. The van der Waals surface area contributed by atoms with Crippen LogP contribution in [0.25, 0.3) is 11.1 Å². The van der Waals surface area contributed by atoms with Crippen LogP contribution in [0.3, 0.4) is 0 Å². The van der Waals surface area contributed by atoms with Gasteiger partial charge >= 0.3 is 6.18 Å². The summed E-state index contributed by atoms with van der Waals surface area (Å²) in [6.45, 7) is 0.567. The number of hydrogen-bond donors (Lipinski definition) is 2. The highest BCUT2D eigenvalue weighted by atomic mass is 19.4. The number of halogens is 3. The standard InChI is InChI=1S/C19H18F3NO2/c20-19(21,22)7-9-23-8-6-11-2-1-3-13-16(11)14(23)10-12-4-5-15(24)18(25)17(12)13/h1-5,14,24-25H,6-10H2/t14-/m1/s1. The van der Waals surface area contributed by atoms with E-state index in [-0.39, 0.29) is 24.1 Å². The molecule has 0 saturated heterocycles. The Kier molecular flexibility index (Phi) is 3.68. The second-order valence-electron chi connectivity index (χ2n) is 6.72. The Labute approximate surface area is 143 Å². The number of fused-ring (bicyclic) bond motifs is 2. The second kappa shape index (κ2) is 5.66. The monoisotopic (exact) mass is 349 g/mol. The van der Waals surface area contributed by atoms with Crippen LogP contribution in [-0.4, -0.2) is 34.4 Å². The van der Waals surface area contributed by atoms with E-state index in [1.807, 2.05) is 23.1 Å². The lowest BCUT2D eigenvalue weighted by Gasteiger charge is -2.42. The van der Waals surface area contributed by atoms with Crippen molar-refractivity contribution in [2.45, 2.75) is 31.5 Å². The number of nitrogens with zero attached hydrogens (tertiary/aromatic N) is 1.